The first-order chi connectivity index (χ1) is 17.5. The largest absolute Gasteiger partial charge is 0.361 e. The number of pyridine rings is 1. The number of nitrogens with one attached hydrogen (secondary N) is 1. The third kappa shape index (κ3) is 4.57. The number of rotatable bonds is 7. The van der Waals surface area contributed by atoms with Crippen molar-refractivity contribution in [1.29, 1.82) is 0 Å². The number of carbonyl (C=O) groups excluding carboxylic acids is 1. The third-order valence-corrected chi connectivity index (χ3v) is 7.18. The lowest BCUT2D eigenvalue weighted by Crippen LogP contribution is -2.48. The SMILES string of the molecule is CCC(C)n1ncc2nc(N3CCN(C(C)=O)CC3)nc(N[C@H](CC)c3cnc4ccccc4c3)c21. The first-order valence-corrected chi connectivity index (χ1v) is 12.8. The molecule has 1 N–H and O–H groups in total. The van der Waals surface area contributed by atoms with Crippen molar-refractivity contribution in [2.75, 3.05) is 36.4 Å². The molecule has 1 aliphatic heterocycles. The highest BCUT2D eigenvalue weighted by Gasteiger charge is 2.24. The molecule has 188 valence electrons. The van der Waals surface area contributed by atoms with Gasteiger partial charge in [-0.3, -0.25) is 14.5 Å². The van der Waals surface area contributed by atoms with Gasteiger partial charge in [0.2, 0.25) is 11.9 Å². The minimum Gasteiger partial charge on any atom is -0.361 e. The van der Waals surface area contributed by atoms with Crippen LogP contribution in [0.1, 0.15) is 58.2 Å². The summed E-state index contributed by atoms with van der Waals surface area (Å²) in [5.41, 5.74) is 3.85. The number of piperazine rings is 1. The maximum absolute atomic E-state index is 11.8. The van der Waals surface area contributed by atoms with Gasteiger partial charge in [-0.15, -0.1) is 0 Å². The van der Waals surface area contributed by atoms with Gasteiger partial charge in [-0.2, -0.15) is 10.1 Å². The Labute approximate surface area is 211 Å². The van der Waals surface area contributed by atoms with Gasteiger partial charge < -0.3 is 15.1 Å². The van der Waals surface area contributed by atoms with E-state index in [2.05, 4.69) is 53.2 Å². The second-order valence-electron chi connectivity index (χ2n) is 9.51. The molecule has 9 heteroatoms. The molecular formula is C27H34N8O. The van der Waals surface area contributed by atoms with Crippen molar-refractivity contribution in [2.45, 2.75) is 52.6 Å². The lowest BCUT2D eigenvalue weighted by atomic mass is 10.0. The highest BCUT2D eigenvalue weighted by molar-refractivity contribution is 5.87. The van der Waals surface area contributed by atoms with Crippen LogP contribution in [-0.4, -0.2) is 61.7 Å². The fourth-order valence-corrected chi connectivity index (χ4v) is 4.79. The smallest absolute Gasteiger partial charge is 0.228 e. The fraction of sp³-hybridized carbons (Fsp3) is 0.444. The van der Waals surface area contributed by atoms with E-state index in [1.165, 1.54) is 0 Å². The molecule has 2 atom stereocenters. The predicted molar refractivity (Wildman–Crippen MR) is 143 cm³/mol. The molecule has 0 radical (unpaired) electrons. The Morgan fingerprint density at radius 2 is 1.81 bits per heavy atom. The summed E-state index contributed by atoms with van der Waals surface area (Å²) in [6.07, 6.45) is 5.62. The van der Waals surface area contributed by atoms with Crippen molar-refractivity contribution in [3.63, 3.8) is 0 Å². The molecule has 1 fully saturated rings. The van der Waals surface area contributed by atoms with Crippen molar-refractivity contribution in [1.82, 2.24) is 29.6 Å². The van der Waals surface area contributed by atoms with Crippen LogP contribution < -0.4 is 10.2 Å². The molecule has 1 amide bonds. The normalized spacial score (nSPS) is 15.9. The number of hydrogen-bond donors (Lipinski definition) is 1. The van der Waals surface area contributed by atoms with Gasteiger partial charge in [-0.1, -0.05) is 32.0 Å². The van der Waals surface area contributed by atoms with Gasteiger partial charge in [0, 0.05) is 50.7 Å². The quantitative estimate of drug-likeness (QED) is 0.409. The molecule has 0 saturated carbocycles. The Kier molecular flexibility index (Phi) is 6.71. The average Bonchev–Trinajstić information content (AvgIpc) is 3.35. The number of hydrogen-bond acceptors (Lipinski definition) is 7. The average molecular weight is 487 g/mol. The van der Waals surface area contributed by atoms with E-state index in [-0.39, 0.29) is 18.0 Å². The molecule has 0 aliphatic carbocycles. The molecule has 36 heavy (non-hydrogen) atoms. The zero-order valence-electron chi connectivity index (χ0n) is 21.5. The van der Waals surface area contributed by atoms with Crippen LogP contribution in [0.4, 0.5) is 11.8 Å². The summed E-state index contributed by atoms with van der Waals surface area (Å²) < 4.78 is 2.03. The van der Waals surface area contributed by atoms with Crippen LogP contribution in [0.15, 0.2) is 42.7 Å². The highest BCUT2D eigenvalue weighted by Crippen LogP contribution is 2.31. The van der Waals surface area contributed by atoms with E-state index >= 15 is 0 Å². The van der Waals surface area contributed by atoms with Crippen LogP contribution in [0.5, 0.6) is 0 Å². The third-order valence-electron chi connectivity index (χ3n) is 7.18. The highest BCUT2D eigenvalue weighted by atomic mass is 16.2. The van der Waals surface area contributed by atoms with E-state index in [0.29, 0.717) is 32.1 Å². The molecule has 1 aromatic carbocycles. The van der Waals surface area contributed by atoms with Gasteiger partial charge in [0.25, 0.3) is 0 Å². The summed E-state index contributed by atoms with van der Waals surface area (Å²) >= 11 is 0. The van der Waals surface area contributed by atoms with E-state index in [1.54, 1.807) is 6.92 Å². The van der Waals surface area contributed by atoms with Gasteiger partial charge in [0.15, 0.2) is 5.82 Å². The van der Waals surface area contributed by atoms with E-state index in [4.69, 9.17) is 9.97 Å². The van der Waals surface area contributed by atoms with Crippen LogP contribution in [-0.2, 0) is 4.79 Å². The Morgan fingerprint density at radius 3 is 2.53 bits per heavy atom. The first kappa shape index (κ1) is 24.0. The molecule has 4 aromatic rings. The monoisotopic (exact) mass is 486 g/mol. The van der Waals surface area contributed by atoms with Gasteiger partial charge in [0.05, 0.1) is 17.8 Å². The maximum Gasteiger partial charge on any atom is 0.228 e. The molecule has 5 rings (SSSR count). The molecular weight excluding hydrogens is 452 g/mol. The van der Waals surface area contributed by atoms with Gasteiger partial charge in [0.1, 0.15) is 11.0 Å². The molecule has 9 nitrogen and oxygen atoms in total. The van der Waals surface area contributed by atoms with Crippen LogP contribution in [0, 0.1) is 0 Å². The predicted octanol–water partition coefficient (Wildman–Crippen LogP) is 4.58. The Bertz CT molecular complexity index is 1370. The second-order valence-corrected chi connectivity index (χ2v) is 9.51. The molecule has 0 bridgehead atoms. The van der Waals surface area contributed by atoms with Crippen LogP contribution in [0.2, 0.25) is 0 Å². The second kappa shape index (κ2) is 10.1. The number of anilines is 2. The van der Waals surface area contributed by atoms with E-state index < -0.39 is 0 Å². The van der Waals surface area contributed by atoms with E-state index in [0.717, 1.165) is 46.2 Å². The number of nitrogens with zero attached hydrogens (tertiary/aromatic N) is 7. The number of aromatic nitrogens is 5. The fourth-order valence-electron chi connectivity index (χ4n) is 4.79. The maximum atomic E-state index is 11.8. The van der Waals surface area contributed by atoms with Crippen LogP contribution in [0.3, 0.4) is 0 Å². The van der Waals surface area contributed by atoms with Crippen LogP contribution >= 0.6 is 0 Å². The molecule has 1 unspecified atom stereocenters. The number of para-hydroxylation sites is 1. The molecule has 4 heterocycles. The Balaban J connectivity index is 1.53. The molecule has 1 saturated heterocycles. The minimum atomic E-state index is 0.0305. The summed E-state index contributed by atoms with van der Waals surface area (Å²) in [7, 11) is 0. The van der Waals surface area contributed by atoms with Crippen molar-refractivity contribution in [3.05, 3.63) is 48.3 Å². The zero-order valence-corrected chi connectivity index (χ0v) is 21.5. The lowest BCUT2D eigenvalue weighted by molar-refractivity contribution is -0.129. The van der Waals surface area contributed by atoms with E-state index in [9.17, 15) is 4.79 Å². The van der Waals surface area contributed by atoms with Crippen LogP contribution in [0.25, 0.3) is 21.9 Å². The summed E-state index contributed by atoms with van der Waals surface area (Å²) in [6, 6.07) is 10.6. The van der Waals surface area contributed by atoms with Gasteiger partial charge >= 0.3 is 0 Å². The zero-order chi connectivity index (χ0) is 25.2. The number of carbonyl (C=O) groups is 1. The summed E-state index contributed by atoms with van der Waals surface area (Å²) in [4.78, 5) is 30.4. The van der Waals surface area contributed by atoms with Gasteiger partial charge in [-0.05, 0) is 37.5 Å². The van der Waals surface area contributed by atoms with Gasteiger partial charge in [-0.25, -0.2) is 4.98 Å². The minimum absolute atomic E-state index is 0.0305. The molecule has 3 aromatic heterocycles. The first-order valence-electron chi connectivity index (χ1n) is 12.8. The number of amides is 1. The molecule has 0 spiro atoms. The molecule has 1 aliphatic rings. The van der Waals surface area contributed by atoms with Crippen molar-refractivity contribution in [3.8, 4) is 0 Å². The van der Waals surface area contributed by atoms with Crippen molar-refractivity contribution in [2.24, 2.45) is 0 Å². The van der Waals surface area contributed by atoms with Crippen molar-refractivity contribution >= 4 is 39.6 Å². The topological polar surface area (TPSA) is 92.1 Å². The number of fused-ring (bicyclic) bond motifs is 2. The summed E-state index contributed by atoms with van der Waals surface area (Å²) in [5, 5.41) is 9.53. The Hall–Kier alpha value is -3.75. The lowest BCUT2D eigenvalue weighted by Gasteiger charge is -2.34. The summed E-state index contributed by atoms with van der Waals surface area (Å²) in [6.45, 7) is 10.9. The Morgan fingerprint density at radius 1 is 1.03 bits per heavy atom. The van der Waals surface area contributed by atoms with Crippen molar-refractivity contribution < 1.29 is 4.79 Å². The van der Waals surface area contributed by atoms with E-state index in [1.807, 2.05) is 40.2 Å². The number of benzene rings is 1. The summed E-state index contributed by atoms with van der Waals surface area (Å²) in [5.74, 6) is 1.56. The standard InChI is InChI=1S/C27H34N8O/c1-5-18(3)35-25-24(17-29-35)31-27(34-13-11-33(12-14-34)19(4)36)32-26(25)30-22(6-2)21-15-20-9-7-8-10-23(20)28-16-21/h7-10,15-18,22H,5-6,11-14H2,1-4H3,(H,30,31,32)/t18?,22-/m1/s1.